The Morgan fingerprint density at radius 2 is 2.07 bits per heavy atom. The van der Waals surface area contributed by atoms with Crippen LogP contribution in [-0.4, -0.2) is 17.8 Å². The highest BCUT2D eigenvalue weighted by Gasteiger charge is 2.33. The molecular formula is C8H9O6P. The van der Waals surface area contributed by atoms with Gasteiger partial charge in [-0.1, -0.05) is 18.2 Å². The molecule has 1 aliphatic heterocycles. The third-order valence-corrected chi connectivity index (χ3v) is 2.54. The minimum Gasteiger partial charge on any atom is -0.404 e. The van der Waals surface area contributed by atoms with Crippen molar-refractivity contribution in [2.75, 3.05) is 6.61 Å². The van der Waals surface area contributed by atoms with E-state index in [0.29, 0.717) is 0 Å². The maximum absolute atomic E-state index is 11.4. The summed E-state index contributed by atoms with van der Waals surface area (Å²) in [5.41, 5.74) is 0. The van der Waals surface area contributed by atoms with E-state index in [-0.39, 0.29) is 12.4 Å². The molecule has 1 aliphatic rings. The van der Waals surface area contributed by atoms with Crippen molar-refractivity contribution in [3.63, 3.8) is 0 Å². The molecule has 82 valence electrons. The molecule has 0 aliphatic carbocycles. The summed E-state index contributed by atoms with van der Waals surface area (Å²) in [7, 11) is -4.14. The van der Waals surface area contributed by atoms with Crippen molar-refractivity contribution in [1.82, 2.24) is 0 Å². The Morgan fingerprint density at radius 3 is 2.60 bits per heavy atom. The number of rotatable bonds is 4. The number of benzene rings is 1. The minimum absolute atomic E-state index is 0.114. The van der Waals surface area contributed by atoms with Crippen LogP contribution in [0.1, 0.15) is 0 Å². The zero-order valence-electron chi connectivity index (χ0n) is 7.61. The number of hydrogen-bond donors (Lipinski definition) is 1. The van der Waals surface area contributed by atoms with E-state index in [4.69, 9.17) is 4.52 Å². The van der Waals surface area contributed by atoms with Crippen LogP contribution in [0.3, 0.4) is 0 Å². The summed E-state index contributed by atoms with van der Waals surface area (Å²) >= 11 is 0. The molecule has 0 aromatic heterocycles. The minimum atomic E-state index is -4.14. The Bertz CT molecular complexity index is 363. The Morgan fingerprint density at radius 1 is 1.40 bits per heavy atom. The molecule has 0 amide bonds. The standard InChI is InChI=1S/C8H9O6P/c9-15(10,14-8-6-11-12-8)13-7-4-2-1-3-5-7/h1-5,8H,6H2,(H,9,10). The van der Waals surface area contributed by atoms with Crippen LogP contribution in [0, 0.1) is 0 Å². The van der Waals surface area contributed by atoms with E-state index < -0.39 is 14.1 Å². The Balaban J connectivity index is 1.94. The van der Waals surface area contributed by atoms with Gasteiger partial charge in [-0.2, -0.15) is 0 Å². The number of phosphoric ester groups is 1. The SMILES string of the molecule is O=P(O)(Oc1ccccc1)OC1COO1. The van der Waals surface area contributed by atoms with Gasteiger partial charge in [-0.15, -0.1) is 0 Å². The van der Waals surface area contributed by atoms with Crippen molar-refractivity contribution in [3.8, 4) is 5.75 Å². The third kappa shape index (κ3) is 3.02. The average molecular weight is 232 g/mol. The van der Waals surface area contributed by atoms with Crippen molar-refractivity contribution in [2.45, 2.75) is 6.29 Å². The Hall–Kier alpha value is -0.910. The fourth-order valence-electron chi connectivity index (χ4n) is 0.956. The molecule has 1 aromatic carbocycles. The van der Waals surface area contributed by atoms with E-state index in [1.807, 2.05) is 0 Å². The van der Waals surface area contributed by atoms with Gasteiger partial charge < -0.3 is 4.52 Å². The quantitative estimate of drug-likeness (QED) is 0.625. The molecule has 0 saturated carbocycles. The van der Waals surface area contributed by atoms with Gasteiger partial charge in [0, 0.05) is 0 Å². The predicted octanol–water partition coefficient (Wildman–Crippen LogP) is 1.47. The zero-order valence-corrected chi connectivity index (χ0v) is 8.50. The molecule has 2 rings (SSSR count). The second-order valence-electron chi connectivity index (χ2n) is 2.79. The van der Waals surface area contributed by atoms with Crippen molar-refractivity contribution in [3.05, 3.63) is 30.3 Å². The summed E-state index contributed by atoms with van der Waals surface area (Å²) < 4.78 is 20.7. The molecule has 1 saturated heterocycles. The van der Waals surface area contributed by atoms with Crippen molar-refractivity contribution in [2.24, 2.45) is 0 Å². The van der Waals surface area contributed by atoms with E-state index in [1.54, 1.807) is 30.3 Å². The van der Waals surface area contributed by atoms with E-state index in [9.17, 15) is 9.46 Å². The lowest BCUT2D eigenvalue weighted by Crippen LogP contribution is -2.33. The topological polar surface area (TPSA) is 74.2 Å². The monoisotopic (exact) mass is 232 g/mol. The van der Waals surface area contributed by atoms with Crippen LogP contribution in [0.5, 0.6) is 5.75 Å². The van der Waals surface area contributed by atoms with Gasteiger partial charge in [-0.3, -0.25) is 4.89 Å². The Kier molecular flexibility index (Phi) is 3.04. The van der Waals surface area contributed by atoms with Crippen molar-refractivity contribution < 1.29 is 28.3 Å². The van der Waals surface area contributed by atoms with Crippen LogP contribution in [0.4, 0.5) is 0 Å². The van der Waals surface area contributed by atoms with Gasteiger partial charge in [0.25, 0.3) is 0 Å². The highest BCUT2D eigenvalue weighted by Crippen LogP contribution is 2.45. The molecule has 2 atom stereocenters. The number of hydrogen-bond acceptors (Lipinski definition) is 5. The number of para-hydroxylation sites is 1. The molecule has 6 nitrogen and oxygen atoms in total. The summed E-state index contributed by atoms with van der Waals surface area (Å²) in [4.78, 5) is 18.0. The highest BCUT2D eigenvalue weighted by atomic mass is 31.2. The summed E-state index contributed by atoms with van der Waals surface area (Å²) in [6, 6.07) is 8.21. The van der Waals surface area contributed by atoms with Gasteiger partial charge in [-0.25, -0.2) is 18.9 Å². The molecule has 0 spiro atoms. The highest BCUT2D eigenvalue weighted by molar-refractivity contribution is 7.47. The predicted molar refractivity (Wildman–Crippen MR) is 48.8 cm³/mol. The largest absolute Gasteiger partial charge is 0.529 e. The van der Waals surface area contributed by atoms with Gasteiger partial charge in [-0.05, 0) is 12.1 Å². The fraction of sp³-hybridized carbons (Fsp3) is 0.250. The van der Waals surface area contributed by atoms with Gasteiger partial charge >= 0.3 is 7.82 Å². The summed E-state index contributed by atoms with van der Waals surface area (Å²) in [5, 5.41) is 0. The molecule has 1 aromatic rings. The first-order valence-electron chi connectivity index (χ1n) is 4.20. The average Bonchev–Trinajstić information content (AvgIpc) is 2.13. The lowest BCUT2D eigenvalue weighted by Gasteiger charge is -2.25. The smallest absolute Gasteiger partial charge is 0.404 e. The summed E-state index contributed by atoms with van der Waals surface area (Å²) in [6.45, 7) is 0.114. The van der Waals surface area contributed by atoms with Gasteiger partial charge in [0.1, 0.15) is 12.4 Å². The van der Waals surface area contributed by atoms with Gasteiger partial charge in [0.15, 0.2) is 0 Å². The molecule has 15 heavy (non-hydrogen) atoms. The first-order chi connectivity index (χ1) is 7.16. The molecule has 2 unspecified atom stereocenters. The fourth-order valence-corrected chi connectivity index (χ4v) is 1.78. The van der Waals surface area contributed by atoms with Crippen LogP contribution in [0.2, 0.25) is 0 Å². The lowest BCUT2D eigenvalue weighted by atomic mass is 10.3. The molecule has 7 heteroatoms. The first kappa shape index (κ1) is 10.6. The summed E-state index contributed by atoms with van der Waals surface area (Å²) in [5.74, 6) is 0.253. The van der Waals surface area contributed by atoms with Crippen LogP contribution in [0.15, 0.2) is 30.3 Å². The van der Waals surface area contributed by atoms with Crippen LogP contribution >= 0.6 is 7.82 Å². The molecule has 0 radical (unpaired) electrons. The zero-order chi connectivity index (χ0) is 10.7. The van der Waals surface area contributed by atoms with Gasteiger partial charge in [0.2, 0.25) is 6.29 Å². The number of phosphoric acid groups is 1. The second kappa shape index (κ2) is 4.30. The second-order valence-corrected chi connectivity index (χ2v) is 4.12. The third-order valence-electron chi connectivity index (χ3n) is 1.59. The van der Waals surface area contributed by atoms with E-state index in [1.165, 1.54) is 0 Å². The molecule has 1 heterocycles. The van der Waals surface area contributed by atoms with E-state index in [2.05, 4.69) is 14.3 Å². The van der Waals surface area contributed by atoms with Crippen LogP contribution in [0.25, 0.3) is 0 Å². The van der Waals surface area contributed by atoms with Crippen molar-refractivity contribution in [1.29, 1.82) is 0 Å². The maximum Gasteiger partial charge on any atom is 0.529 e. The molecule has 1 N–H and O–H groups in total. The van der Waals surface area contributed by atoms with Crippen LogP contribution in [-0.2, 0) is 18.9 Å². The maximum atomic E-state index is 11.4. The lowest BCUT2D eigenvalue weighted by molar-refractivity contribution is -0.468. The van der Waals surface area contributed by atoms with Crippen molar-refractivity contribution >= 4 is 7.82 Å². The van der Waals surface area contributed by atoms with Gasteiger partial charge in [0.05, 0.1) is 0 Å². The van der Waals surface area contributed by atoms with E-state index in [0.717, 1.165) is 0 Å². The first-order valence-corrected chi connectivity index (χ1v) is 5.69. The Labute approximate surface area is 85.9 Å². The molecule has 1 fully saturated rings. The van der Waals surface area contributed by atoms with E-state index >= 15 is 0 Å². The molecule has 0 bridgehead atoms. The van der Waals surface area contributed by atoms with Crippen LogP contribution < -0.4 is 4.52 Å². The normalized spacial score (nSPS) is 23.9. The summed E-state index contributed by atoms with van der Waals surface area (Å²) in [6.07, 6.45) is -0.843. The molecular weight excluding hydrogens is 223 g/mol.